The predicted octanol–water partition coefficient (Wildman–Crippen LogP) is 19.5. The summed E-state index contributed by atoms with van der Waals surface area (Å²) in [4.78, 5) is 71.6. The van der Waals surface area contributed by atoms with Crippen LogP contribution in [0.3, 0.4) is 0 Å². The molecule has 0 aliphatic rings. The van der Waals surface area contributed by atoms with Gasteiger partial charge in [-0.25, -0.2) is 30.2 Å². The van der Waals surface area contributed by atoms with E-state index in [2.05, 4.69) is 50.9 Å². The Morgan fingerprint density at radius 2 is 0.750 bits per heavy atom. The van der Waals surface area contributed by atoms with Gasteiger partial charge in [-0.3, -0.25) is 43.8 Å². The maximum absolute atomic E-state index is 12.9. The molecule has 32 heteroatoms. The first-order valence-electron chi connectivity index (χ1n) is 36.0. The number of hydrogen-bond acceptors (Lipinski definition) is 17. The van der Waals surface area contributed by atoms with Crippen molar-refractivity contribution in [3.63, 3.8) is 0 Å². The second kappa shape index (κ2) is 40.2. The molecule has 5 aromatic heterocycles. The number of aliphatic hydroxyl groups excluding tert-OH is 1. The summed E-state index contributed by atoms with van der Waals surface area (Å²) >= 11 is 37.6. The molecular weight excluding hydrogens is 1710 g/mol. The fraction of sp³-hybridized carbons (Fsp3) is 0.0795. The second-order valence-electron chi connectivity index (χ2n) is 27.0. The molecule has 9 aromatic carbocycles. The number of aliphatic hydroxyl groups is 2. The van der Waals surface area contributed by atoms with Crippen LogP contribution < -0.4 is 26.0 Å². The number of pyridine rings is 4. The summed E-state index contributed by atoms with van der Waals surface area (Å²) in [5, 5.41) is 33.4. The average Bonchev–Trinajstić information content (AvgIpc) is 0.987. The molecule has 23 nitrogen and oxygen atoms in total. The third-order valence-electron chi connectivity index (χ3n) is 17.2. The van der Waals surface area contributed by atoms with E-state index in [0.29, 0.717) is 99.0 Å². The smallest absolute Gasteiger partial charge is 0.257 e. The van der Waals surface area contributed by atoms with Gasteiger partial charge in [0, 0.05) is 105 Å². The number of sulfonamides is 1. The fourth-order valence-corrected chi connectivity index (χ4v) is 16.7. The fourth-order valence-electron chi connectivity index (χ4n) is 11.6. The zero-order valence-electron chi connectivity index (χ0n) is 63.5. The monoisotopic (exact) mass is 1780 g/mol. The van der Waals surface area contributed by atoms with Crippen LogP contribution in [0, 0.1) is 0 Å². The molecule has 0 aliphatic heterocycles. The van der Waals surface area contributed by atoms with Crippen LogP contribution in [-0.4, -0.2) is 112 Å². The number of aromatic nitrogens is 6. The summed E-state index contributed by atoms with van der Waals surface area (Å²) in [7, 11) is -11.0. The van der Waals surface area contributed by atoms with E-state index in [1.807, 2.05) is 77.5 Å². The van der Waals surface area contributed by atoms with Gasteiger partial charge in [0.15, 0.2) is 19.7 Å². The van der Waals surface area contributed by atoms with Crippen molar-refractivity contribution >= 4 is 151 Å². The van der Waals surface area contributed by atoms with Crippen molar-refractivity contribution in [1.29, 1.82) is 0 Å². The largest absolute Gasteiger partial charge is 0.389 e. The molecule has 610 valence electrons. The number of nitrogens with one attached hydrogen (secondary N) is 5. The van der Waals surface area contributed by atoms with Crippen LogP contribution in [0.1, 0.15) is 66.9 Å². The second-order valence-corrected chi connectivity index (χ2v) is 35.2. The molecule has 0 unspecified atom stereocenters. The van der Waals surface area contributed by atoms with E-state index < -0.39 is 64.7 Å². The number of carbonyl (C=O) groups is 4. The molecule has 4 amide bonds. The van der Waals surface area contributed by atoms with Crippen molar-refractivity contribution in [3.05, 3.63) is 362 Å². The predicted molar refractivity (Wildman–Crippen MR) is 474 cm³/mol. The lowest BCUT2D eigenvalue weighted by molar-refractivity contribution is 0.101. The summed E-state index contributed by atoms with van der Waals surface area (Å²) in [6, 6.07) is 72.1. The molecule has 0 saturated heterocycles. The Balaban J connectivity index is 0.000000157. The number of imidazole rings is 1. The molecule has 7 N–H and O–H groups in total. The highest BCUT2D eigenvalue weighted by Gasteiger charge is 2.28. The van der Waals surface area contributed by atoms with Crippen molar-refractivity contribution in [1.82, 2.24) is 29.5 Å². The van der Waals surface area contributed by atoms with E-state index in [1.54, 1.807) is 183 Å². The topological polar surface area (TPSA) is 341 Å². The number of sulfone groups is 2. The van der Waals surface area contributed by atoms with Gasteiger partial charge in [0.1, 0.15) is 0 Å². The summed E-state index contributed by atoms with van der Waals surface area (Å²) in [5.74, 6) is -2.52. The summed E-state index contributed by atoms with van der Waals surface area (Å²) < 4.78 is 77.2. The lowest BCUT2D eigenvalue weighted by atomic mass is 10.1. The number of halogens is 6. The minimum atomic E-state index is -3.86. The third kappa shape index (κ3) is 24.8. The minimum Gasteiger partial charge on any atom is -0.389 e. The van der Waals surface area contributed by atoms with E-state index in [1.165, 1.54) is 62.4 Å². The van der Waals surface area contributed by atoms with Crippen LogP contribution in [0.15, 0.2) is 314 Å². The number of amides is 4. The van der Waals surface area contributed by atoms with E-state index in [9.17, 15) is 54.6 Å². The zero-order valence-corrected chi connectivity index (χ0v) is 70.5. The molecule has 14 aromatic rings. The number of hydrogen-bond donors (Lipinski definition) is 7. The van der Waals surface area contributed by atoms with E-state index in [0.717, 1.165) is 23.2 Å². The van der Waals surface area contributed by atoms with Crippen molar-refractivity contribution in [2.45, 2.75) is 35.3 Å². The quantitative estimate of drug-likeness (QED) is 0.0331. The van der Waals surface area contributed by atoms with Crippen molar-refractivity contribution in [3.8, 4) is 50.7 Å². The van der Waals surface area contributed by atoms with Gasteiger partial charge in [-0.1, -0.05) is 124 Å². The van der Waals surface area contributed by atoms with Gasteiger partial charge in [0.05, 0.1) is 110 Å². The molecule has 0 radical (unpaired) electrons. The van der Waals surface area contributed by atoms with Crippen LogP contribution in [0.2, 0.25) is 30.1 Å². The molecule has 14 rings (SSSR count). The highest BCUT2D eigenvalue weighted by molar-refractivity contribution is 7.92. The van der Waals surface area contributed by atoms with Crippen molar-refractivity contribution in [2.75, 3.05) is 43.8 Å². The number of rotatable bonds is 22. The Morgan fingerprint density at radius 1 is 0.400 bits per heavy atom. The van der Waals surface area contributed by atoms with Crippen LogP contribution in [-0.2, 0) is 29.7 Å². The van der Waals surface area contributed by atoms with E-state index >= 15 is 0 Å². The van der Waals surface area contributed by atoms with Crippen LogP contribution >= 0.6 is 69.6 Å². The highest BCUT2D eigenvalue weighted by atomic mass is 35.5. The first kappa shape index (κ1) is 88.8. The highest BCUT2D eigenvalue weighted by Crippen LogP contribution is 2.36. The Bertz CT molecular complexity index is 6360. The standard InChI is InChI=1S/C26H20Cl2N2O4S.C22H20Cl2N2O4S.C21H15ClN4O.C19H16ClN3O3S/c27-22-12-9-18(14-21(22)24-8-4-5-13-29-24)30-26(32)20-11-10-19(15-23(20)28)35(33,34)16-25(31)17-6-2-1-3-7-17;1-22(2,28)13-31(29,30)15-7-8-16(19(24)12-15)21(27)26-14-6-9-18(23)17(11-14)20-5-3-4-10-25-20;22-19-9-6-16(13-18(19)20-3-1-2-10-24-20)25-21(27)15-4-7-17(8-5-15)26-12-11-23-14-26;1-27(25,26)23-14-7-5-13(6-8-14)19(24)22-15-9-10-17(20)16(12-15)18-4-2-3-11-21-18/h1-15,25,31H,16H2,(H,30,32);3-12,28H,13H2,1-2H3,(H,26,27);1-14H,(H,25,27);2-12,23H,1H3,(H,22,24)/t25-;;;/m0.../s1. The van der Waals surface area contributed by atoms with Gasteiger partial charge in [-0.05, 0) is 226 Å². The minimum absolute atomic E-state index is 0.0202. The first-order chi connectivity index (χ1) is 57.2. The molecule has 0 spiro atoms. The molecule has 0 saturated carbocycles. The third-order valence-corrected chi connectivity index (χ3v) is 23.6. The lowest BCUT2D eigenvalue weighted by Crippen LogP contribution is -2.30. The Hall–Kier alpha value is -12.0. The summed E-state index contributed by atoms with van der Waals surface area (Å²) in [6.45, 7) is 2.80. The number of anilines is 5. The number of carbonyl (C=O) groups excluding carboxylic acids is 4. The Kier molecular flexibility index (Phi) is 29.7. The van der Waals surface area contributed by atoms with E-state index in [4.69, 9.17) is 69.6 Å². The van der Waals surface area contributed by atoms with Gasteiger partial charge in [0.2, 0.25) is 10.0 Å². The van der Waals surface area contributed by atoms with Gasteiger partial charge >= 0.3 is 0 Å². The van der Waals surface area contributed by atoms with Crippen LogP contribution in [0.25, 0.3) is 50.7 Å². The number of nitrogens with zero attached hydrogens (tertiary/aromatic N) is 6. The molecule has 120 heavy (non-hydrogen) atoms. The van der Waals surface area contributed by atoms with Gasteiger partial charge < -0.3 is 36.0 Å². The maximum atomic E-state index is 12.9. The molecule has 0 fully saturated rings. The SMILES string of the molecule is CC(C)(O)CS(=O)(=O)c1ccc(C(=O)Nc2ccc(Cl)c(-c3ccccn3)c2)c(Cl)c1.CS(=O)(=O)Nc1ccc(C(=O)Nc2ccc(Cl)c(-c3ccccn3)c2)cc1.O=C(Nc1ccc(Cl)c(-c2ccccn2)c1)c1ccc(-n2ccnc2)cc1.O=C(Nc1ccc(Cl)c(-c2ccccn2)c1)c1ccc(S(=O)(=O)C[C@H](O)c2ccccc2)cc1Cl. The van der Waals surface area contributed by atoms with Gasteiger partial charge in [0.25, 0.3) is 23.6 Å². The molecule has 0 bridgehead atoms. The molecule has 5 heterocycles. The van der Waals surface area contributed by atoms with Crippen molar-refractivity contribution < 1.29 is 54.6 Å². The van der Waals surface area contributed by atoms with Crippen LogP contribution in [0.4, 0.5) is 28.4 Å². The summed E-state index contributed by atoms with van der Waals surface area (Å²) in [6.07, 6.45) is 11.8. The average molecular weight is 1780 g/mol. The maximum Gasteiger partial charge on any atom is 0.257 e. The summed E-state index contributed by atoms with van der Waals surface area (Å²) in [5.41, 5.74) is 9.30. The van der Waals surface area contributed by atoms with Crippen molar-refractivity contribution in [2.24, 2.45) is 0 Å². The Morgan fingerprint density at radius 3 is 1.08 bits per heavy atom. The molecular formula is C88H71Cl6N11O12S3. The van der Waals surface area contributed by atoms with Crippen LogP contribution in [0.5, 0.6) is 0 Å². The van der Waals surface area contributed by atoms with E-state index in [-0.39, 0.29) is 42.8 Å². The Labute approximate surface area is 722 Å². The first-order valence-corrected chi connectivity index (χ1v) is 43.4. The number of benzene rings is 9. The zero-order chi connectivity index (χ0) is 85.9. The molecule has 1 atom stereocenters. The van der Waals surface area contributed by atoms with Gasteiger partial charge in [-0.2, -0.15) is 0 Å². The van der Waals surface area contributed by atoms with Gasteiger partial charge in [-0.15, -0.1) is 0 Å². The normalized spacial score (nSPS) is 11.5. The molecule has 0 aliphatic carbocycles. The lowest BCUT2D eigenvalue weighted by Gasteiger charge is -2.17.